The van der Waals surface area contributed by atoms with E-state index in [1.54, 1.807) is 19.9 Å². The van der Waals surface area contributed by atoms with Gasteiger partial charge in [0, 0.05) is 24.8 Å². The maximum Gasteiger partial charge on any atom is 0.320 e. The van der Waals surface area contributed by atoms with E-state index in [1.807, 2.05) is 0 Å². The van der Waals surface area contributed by atoms with Crippen LogP contribution in [0.2, 0.25) is 0 Å². The lowest BCUT2D eigenvalue weighted by Gasteiger charge is -2.10. The molecule has 1 aromatic carbocycles. The van der Waals surface area contributed by atoms with Crippen LogP contribution < -0.4 is 15.4 Å². The van der Waals surface area contributed by atoms with Crippen LogP contribution >= 0.6 is 0 Å². The van der Waals surface area contributed by atoms with Gasteiger partial charge in [-0.15, -0.1) is 5.10 Å². The minimum atomic E-state index is -3.47. The monoisotopic (exact) mass is 394 g/mol. The summed E-state index contributed by atoms with van der Waals surface area (Å²) in [5, 5.41) is 18.0. The fourth-order valence-corrected chi connectivity index (χ4v) is 3.42. The molecule has 0 spiro atoms. The first-order valence-electron chi connectivity index (χ1n) is 8.01. The van der Waals surface area contributed by atoms with Crippen molar-refractivity contribution in [2.45, 2.75) is 19.9 Å². The molecule has 0 saturated carbocycles. The Morgan fingerprint density at radius 2 is 2.11 bits per heavy atom. The normalized spacial score (nSPS) is 11.2. The summed E-state index contributed by atoms with van der Waals surface area (Å²) in [5.74, 6) is -0.778. The number of carbonyl (C=O) groups is 1. The number of urea groups is 1. The molecule has 0 aliphatic heterocycles. The summed E-state index contributed by atoms with van der Waals surface area (Å²) < 4.78 is 40.7. The number of benzene rings is 1. The molecular weight excluding hydrogens is 375 g/mol. The first-order chi connectivity index (χ1) is 12.7. The van der Waals surface area contributed by atoms with Gasteiger partial charge in [0.1, 0.15) is 17.4 Å². The van der Waals surface area contributed by atoms with E-state index >= 15 is 0 Å². The number of aromatic nitrogens is 2. The van der Waals surface area contributed by atoms with Gasteiger partial charge in [-0.3, -0.25) is 5.32 Å². The van der Waals surface area contributed by atoms with Crippen LogP contribution in [0.4, 0.5) is 15.0 Å². The van der Waals surface area contributed by atoms with Crippen LogP contribution in [0, 0.1) is 17.1 Å². The molecule has 11 heteroatoms. The quantitative estimate of drug-likeness (QED) is 0.652. The molecule has 2 rings (SSSR count). The van der Waals surface area contributed by atoms with Crippen molar-refractivity contribution in [2.24, 2.45) is 0 Å². The van der Waals surface area contributed by atoms with Crippen molar-refractivity contribution >= 4 is 21.9 Å². The van der Waals surface area contributed by atoms with Gasteiger partial charge in [0.2, 0.25) is 10.0 Å². The van der Waals surface area contributed by atoms with Crippen molar-refractivity contribution in [3.05, 3.63) is 41.8 Å². The fraction of sp³-hybridized carbons (Fsp3) is 0.312. The molecule has 0 atom stereocenters. The Bertz CT molecular complexity index is 965. The van der Waals surface area contributed by atoms with Gasteiger partial charge < -0.3 is 5.32 Å². The van der Waals surface area contributed by atoms with Gasteiger partial charge in [0.25, 0.3) is 0 Å². The molecule has 1 heterocycles. The molecular formula is C16H19FN6O3S. The number of rotatable bonds is 7. The average Bonchev–Trinajstić information content (AvgIpc) is 3.01. The zero-order valence-corrected chi connectivity index (χ0v) is 15.5. The molecule has 144 valence electrons. The van der Waals surface area contributed by atoms with Gasteiger partial charge in [0.05, 0.1) is 11.4 Å². The second-order valence-electron chi connectivity index (χ2n) is 5.86. The Morgan fingerprint density at radius 3 is 2.78 bits per heavy atom. The van der Waals surface area contributed by atoms with E-state index in [1.165, 1.54) is 35.1 Å². The lowest BCUT2D eigenvalue weighted by Crippen LogP contribution is -2.38. The number of nitrogens with one attached hydrogen (secondary N) is 3. The van der Waals surface area contributed by atoms with Crippen LogP contribution in [0.1, 0.15) is 19.4 Å². The number of hydrogen-bond acceptors (Lipinski definition) is 5. The van der Waals surface area contributed by atoms with E-state index in [4.69, 9.17) is 5.26 Å². The van der Waals surface area contributed by atoms with E-state index in [2.05, 4.69) is 20.5 Å². The third-order valence-electron chi connectivity index (χ3n) is 3.25. The molecule has 2 amide bonds. The fourth-order valence-electron chi connectivity index (χ4n) is 2.22. The molecule has 2 aromatic rings. The Kier molecular flexibility index (Phi) is 6.49. The average molecular weight is 394 g/mol. The lowest BCUT2D eigenvalue weighted by molar-refractivity contribution is 0.252. The van der Waals surface area contributed by atoms with Crippen LogP contribution in [-0.2, 0) is 10.0 Å². The van der Waals surface area contributed by atoms with Crippen LogP contribution in [-0.4, -0.2) is 42.6 Å². The summed E-state index contributed by atoms with van der Waals surface area (Å²) in [4.78, 5) is 11.8. The summed E-state index contributed by atoms with van der Waals surface area (Å²) in [6, 6.07) is 6.49. The summed E-state index contributed by atoms with van der Waals surface area (Å²) in [5.41, 5.74) is 0.0660. The molecule has 1 aromatic heterocycles. The maximum absolute atomic E-state index is 13.7. The van der Waals surface area contributed by atoms with E-state index in [0.29, 0.717) is 0 Å². The Labute approximate surface area is 156 Å². The third kappa shape index (κ3) is 5.77. The Balaban J connectivity index is 1.96. The summed E-state index contributed by atoms with van der Waals surface area (Å²) in [7, 11) is -3.47. The first-order valence-corrected chi connectivity index (χ1v) is 9.66. The van der Waals surface area contributed by atoms with Gasteiger partial charge in [-0.25, -0.2) is 27.0 Å². The highest BCUT2D eigenvalue weighted by Crippen LogP contribution is 2.17. The van der Waals surface area contributed by atoms with Crippen molar-refractivity contribution in [2.75, 3.05) is 17.6 Å². The molecule has 0 aliphatic carbocycles. The highest BCUT2D eigenvalue weighted by Gasteiger charge is 2.14. The van der Waals surface area contributed by atoms with Crippen LogP contribution in [0.3, 0.4) is 0 Å². The van der Waals surface area contributed by atoms with E-state index in [0.717, 1.165) is 0 Å². The lowest BCUT2D eigenvalue weighted by atomic mass is 10.2. The predicted molar refractivity (Wildman–Crippen MR) is 97.3 cm³/mol. The van der Waals surface area contributed by atoms with E-state index < -0.39 is 21.9 Å². The van der Waals surface area contributed by atoms with E-state index in [-0.39, 0.29) is 35.4 Å². The SMILES string of the molecule is CC(C)NS(=O)(=O)CCNC(=O)Nc1ccn(-c2cccc(F)c2C#N)n1. The van der Waals surface area contributed by atoms with Gasteiger partial charge >= 0.3 is 6.03 Å². The molecule has 0 bridgehead atoms. The molecule has 9 nitrogen and oxygen atoms in total. The van der Waals surface area contributed by atoms with Gasteiger partial charge in [-0.1, -0.05) is 6.07 Å². The number of anilines is 1. The topological polar surface area (TPSA) is 129 Å². The smallest absolute Gasteiger partial charge is 0.320 e. The van der Waals surface area contributed by atoms with Crippen LogP contribution in [0.25, 0.3) is 5.69 Å². The van der Waals surface area contributed by atoms with Gasteiger partial charge in [-0.05, 0) is 26.0 Å². The second kappa shape index (κ2) is 8.61. The summed E-state index contributed by atoms with van der Waals surface area (Å²) >= 11 is 0. The largest absolute Gasteiger partial charge is 0.337 e. The number of hydrogen-bond donors (Lipinski definition) is 3. The minimum absolute atomic E-state index is 0.0862. The van der Waals surface area contributed by atoms with Crippen LogP contribution in [0.5, 0.6) is 0 Å². The number of carbonyl (C=O) groups excluding carboxylic acids is 1. The molecule has 27 heavy (non-hydrogen) atoms. The standard InChI is InChI=1S/C16H19FN6O3S/c1-11(2)22-27(25,26)9-7-19-16(24)20-15-6-8-23(21-15)14-5-3-4-13(17)12(14)10-18/h3-6,8,11,22H,7,9H2,1-2H3,(H2,19,20,21,24). The second-order valence-corrected chi connectivity index (χ2v) is 7.74. The summed E-state index contributed by atoms with van der Waals surface area (Å²) in [6.07, 6.45) is 1.46. The van der Waals surface area contributed by atoms with Crippen molar-refractivity contribution in [3.8, 4) is 11.8 Å². The highest BCUT2D eigenvalue weighted by molar-refractivity contribution is 7.89. The van der Waals surface area contributed by atoms with E-state index in [9.17, 15) is 17.6 Å². The molecule has 0 radical (unpaired) electrons. The Hall–Kier alpha value is -2.97. The van der Waals surface area contributed by atoms with Crippen molar-refractivity contribution in [3.63, 3.8) is 0 Å². The minimum Gasteiger partial charge on any atom is -0.337 e. The van der Waals surface area contributed by atoms with Crippen molar-refractivity contribution < 1.29 is 17.6 Å². The van der Waals surface area contributed by atoms with Gasteiger partial charge in [0.15, 0.2) is 5.82 Å². The third-order valence-corrected chi connectivity index (χ3v) is 4.82. The van der Waals surface area contributed by atoms with Crippen LogP contribution in [0.15, 0.2) is 30.5 Å². The molecule has 0 unspecified atom stereocenters. The first kappa shape index (κ1) is 20.3. The number of halogens is 1. The number of amides is 2. The number of nitrogens with zero attached hydrogens (tertiary/aromatic N) is 3. The summed E-state index contributed by atoms with van der Waals surface area (Å²) in [6.45, 7) is 3.31. The molecule has 0 fully saturated rings. The molecule has 0 saturated heterocycles. The Morgan fingerprint density at radius 1 is 1.37 bits per heavy atom. The predicted octanol–water partition coefficient (Wildman–Crippen LogP) is 1.33. The maximum atomic E-state index is 13.7. The highest BCUT2D eigenvalue weighted by atomic mass is 32.2. The molecule has 0 aliphatic rings. The zero-order valence-electron chi connectivity index (χ0n) is 14.7. The van der Waals surface area contributed by atoms with Crippen molar-refractivity contribution in [1.82, 2.24) is 19.8 Å². The van der Waals surface area contributed by atoms with Gasteiger partial charge in [-0.2, -0.15) is 5.26 Å². The number of nitriles is 1. The molecule has 3 N–H and O–H groups in total. The van der Waals surface area contributed by atoms with Crippen molar-refractivity contribution in [1.29, 1.82) is 5.26 Å². The number of sulfonamides is 1. The zero-order chi connectivity index (χ0) is 20.0.